The Balaban J connectivity index is 1.39. The van der Waals surface area contributed by atoms with Crippen LogP contribution in [-0.2, 0) is 17.8 Å². The van der Waals surface area contributed by atoms with Crippen LogP contribution >= 0.6 is 0 Å². The monoisotopic (exact) mass is 416 g/mol. The molecular formula is C25H25FN4O. The number of rotatable bonds is 4. The van der Waals surface area contributed by atoms with Gasteiger partial charge in [0.05, 0.1) is 12.0 Å². The van der Waals surface area contributed by atoms with Crippen molar-refractivity contribution < 1.29 is 9.18 Å². The largest absolute Gasteiger partial charge is 0.368 e. The van der Waals surface area contributed by atoms with E-state index in [1.807, 2.05) is 30.3 Å². The molecule has 1 fully saturated rings. The van der Waals surface area contributed by atoms with Crippen molar-refractivity contribution in [2.45, 2.75) is 19.0 Å². The van der Waals surface area contributed by atoms with Gasteiger partial charge in [0.1, 0.15) is 5.82 Å². The van der Waals surface area contributed by atoms with Gasteiger partial charge in [-0.25, -0.2) is 4.39 Å². The van der Waals surface area contributed by atoms with Crippen molar-refractivity contribution in [3.05, 3.63) is 90.0 Å². The number of hydrogen-bond acceptors (Lipinski definition) is 4. The molecule has 1 amide bonds. The molecule has 5 rings (SSSR count). The first-order valence-electron chi connectivity index (χ1n) is 10.7. The number of hydrogen-bond donors (Lipinski definition) is 1. The normalized spacial score (nSPS) is 20.0. The Morgan fingerprint density at radius 2 is 1.90 bits per heavy atom. The summed E-state index contributed by atoms with van der Waals surface area (Å²) >= 11 is 0. The van der Waals surface area contributed by atoms with Crippen molar-refractivity contribution in [2.75, 3.05) is 29.4 Å². The van der Waals surface area contributed by atoms with Crippen LogP contribution in [0.2, 0.25) is 0 Å². The number of piperazine rings is 1. The van der Waals surface area contributed by atoms with Crippen LogP contribution in [0.25, 0.3) is 0 Å². The first-order chi connectivity index (χ1) is 15.2. The Bertz CT molecular complexity index is 1060. The minimum absolute atomic E-state index is 0.0580. The smallest absolute Gasteiger partial charge is 0.225 e. The number of aromatic nitrogens is 1. The Kier molecular flexibility index (Phi) is 5.28. The first-order valence-corrected chi connectivity index (χ1v) is 10.7. The number of para-hydroxylation sites is 1. The minimum atomic E-state index is -0.235. The highest BCUT2D eigenvalue weighted by Gasteiger charge is 2.41. The van der Waals surface area contributed by atoms with Crippen molar-refractivity contribution in [1.29, 1.82) is 0 Å². The molecule has 1 aromatic heterocycles. The van der Waals surface area contributed by atoms with E-state index in [4.69, 9.17) is 0 Å². The molecule has 5 nitrogen and oxygen atoms in total. The van der Waals surface area contributed by atoms with Gasteiger partial charge in [0.15, 0.2) is 0 Å². The van der Waals surface area contributed by atoms with Gasteiger partial charge in [-0.1, -0.05) is 24.3 Å². The number of amides is 1. The summed E-state index contributed by atoms with van der Waals surface area (Å²) in [5.74, 6) is -0.328. The molecule has 0 aliphatic carbocycles. The molecule has 3 aromatic rings. The molecule has 0 saturated carbocycles. The number of benzene rings is 2. The Hall–Kier alpha value is -3.41. The van der Waals surface area contributed by atoms with Gasteiger partial charge in [0.2, 0.25) is 5.91 Å². The van der Waals surface area contributed by atoms with Gasteiger partial charge in [-0.2, -0.15) is 0 Å². The van der Waals surface area contributed by atoms with Crippen LogP contribution in [-0.4, -0.2) is 36.6 Å². The highest BCUT2D eigenvalue weighted by atomic mass is 19.1. The topological polar surface area (TPSA) is 48.5 Å². The summed E-state index contributed by atoms with van der Waals surface area (Å²) in [4.78, 5) is 22.1. The van der Waals surface area contributed by atoms with Gasteiger partial charge in [0, 0.05) is 49.9 Å². The summed E-state index contributed by atoms with van der Waals surface area (Å²) in [7, 11) is 0. The van der Waals surface area contributed by atoms with Crippen LogP contribution in [0, 0.1) is 11.7 Å². The van der Waals surface area contributed by atoms with E-state index >= 15 is 0 Å². The molecule has 6 heteroatoms. The zero-order valence-corrected chi connectivity index (χ0v) is 17.2. The predicted octanol–water partition coefficient (Wildman–Crippen LogP) is 3.40. The van der Waals surface area contributed by atoms with Crippen LogP contribution in [0.1, 0.15) is 11.1 Å². The molecule has 2 aliphatic rings. The maximum atomic E-state index is 13.4. The second-order valence-electron chi connectivity index (χ2n) is 8.20. The number of nitrogens with one attached hydrogen (secondary N) is 1. The highest BCUT2D eigenvalue weighted by molar-refractivity contribution is 5.82. The van der Waals surface area contributed by atoms with E-state index in [0.717, 1.165) is 30.9 Å². The molecule has 0 radical (unpaired) electrons. The average molecular weight is 417 g/mol. The van der Waals surface area contributed by atoms with Crippen molar-refractivity contribution in [2.24, 2.45) is 5.92 Å². The van der Waals surface area contributed by atoms with Gasteiger partial charge < -0.3 is 15.1 Å². The lowest BCUT2D eigenvalue weighted by Gasteiger charge is -2.49. The Morgan fingerprint density at radius 1 is 1.06 bits per heavy atom. The fraction of sp³-hybridized carbons (Fsp3) is 0.280. The second kappa shape index (κ2) is 8.38. The summed E-state index contributed by atoms with van der Waals surface area (Å²) in [5.41, 5.74) is 4.42. The number of anilines is 2. The minimum Gasteiger partial charge on any atom is -0.368 e. The number of carbonyl (C=O) groups excluding carboxylic acids is 1. The molecule has 0 spiro atoms. The van der Waals surface area contributed by atoms with E-state index in [-0.39, 0.29) is 23.7 Å². The Morgan fingerprint density at radius 3 is 2.71 bits per heavy atom. The van der Waals surface area contributed by atoms with Gasteiger partial charge in [-0.15, -0.1) is 0 Å². The lowest BCUT2D eigenvalue weighted by Crippen LogP contribution is -2.61. The molecule has 2 atom stereocenters. The molecule has 0 bridgehead atoms. The third kappa shape index (κ3) is 3.98. The maximum absolute atomic E-state index is 13.4. The van der Waals surface area contributed by atoms with Crippen LogP contribution in [0.15, 0.2) is 73.1 Å². The maximum Gasteiger partial charge on any atom is 0.225 e. The summed E-state index contributed by atoms with van der Waals surface area (Å²) in [6.45, 7) is 2.86. The molecular weight excluding hydrogens is 391 g/mol. The fourth-order valence-corrected chi connectivity index (χ4v) is 4.77. The molecule has 1 N–H and O–H groups in total. The fourth-order valence-electron chi connectivity index (χ4n) is 4.77. The van der Waals surface area contributed by atoms with Crippen LogP contribution in [0.4, 0.5) is 15.8 Å². The zero-order chi connectivity index (χ0) is 21.2. The molecule has 31 heavy (non-hydrogen) atoms. The number of pyridine rings is 1. The summed E-state index contributed by atoms with van der Waals surface area (Å²) in [6, 6.07) is 18.9. The molecule has 3 heterocycles. The number of fused-ring (bicyclic) bond motifs is 3. The Labute approximate surface area is 181 Å². The van der Waals surface area contributed by atoms with Gasteiger partial charge in [-0.05, 0) is 53.9 Å². The number of halogens is 1. The van der Waals surface area contributed by atoms with Crippen LogP contribution in [0.3, 0.4) is 0 Å². The quantitative estimate of drug-likeness (QED) is 0.708. The predicted molar refractivity (Wildman–Crippen MR) is 119 cm³/mol. The van der Waals surface area contributed by atoms with Crippen molar-refractivity contribution in [1.82, 2.24) is 10.3 Å². The zero-order valence-electron chi connectivity index (χ0n) is 17.2. The van der Waals surface area contributed by atoms with E-state index in [2.05, 4.69) is 38.3 Å². The van der Waals surface area contributed by atoms with Gasteiger partial charge >= 0.3 is 0 Å². The van der Waals surface area contributed by atoms with E-state index in [1.54, 1.807) is 12.4 Å². The van der Waals surface area contributed by atoms with Crippen molar-refractivity contribution >= 4 is 17.3 Å². The first kappa shape index (κ1) is 19.5. The lowest BCUT2D eigenvalue weighted by atomic mass is 9.83. The highest BCUT2D eigenvalue weighted by Crippen LogP contribution is 2.37. The molecule has 2 aromatic carbocycles. The lowest BCUT2D eigenvalue weighted by molar-refractivity contribution is -0.126. The number of carbonyl (C=O) groups is 1. The van der Waals surface area contributed by atoms with E-state index in [1.165, 1.54) is 23.4 Å². The van der Waals surface area contributed by atoms with E-state index in [9.17, 15) is 9.18 Å². The van der Waals surface area contributed by atoms with E-state index < -0.39 is 0 Å². The van der Waals surface area contributed by atoms with Crippen molar-refractivity contribution in [3.8, 4) is 0 Å². The number of nitrogens with zero attached hydrogens (tertiary/aromatic N) is 3. The average Bonchev–Trinajstić information content (AvgIpc) is 2.83. The SMILES string of the molecule is O=C(NCc1cccnc1)[C@H]1Cc2ccccc2N2CCN(c3ccc(F)cc3)C[C@@H]12. The van der Waals surface area contributed by atoms with Crippen molar-refractivity contribution in [3.63, 3.8) is 0 Å². The summed E-state index contributed by atoms with van der Waals surface area (Å²) in [5, 5.41) is 3.12. The summed E-state index contributed by atoms with van der Waals surface area (Å²) in [6.07, 6.45) is 4.22. The third-order valence-electron chi connectivity index (χ3n) is 6.34. The standard InChI is InChI=1S/C25H25FN4O/c26-20-7-9-21(10-8-20)29-12-13-30-23-6-2-1-5-19(23)14-22(24(30)17-29)25(31)28-16-18-4-3-11-27-15-18/h1-11,15,22,24H,12-14,16-17H2,(H,28,31)/t22-,24-/m0/s1. The van der Waals surface area contributed by atoms with Gasteiger partial charge in [0.25, 0.3) is 0 Å². The molecule has 158 valence electrons. The summed E-state index contributed by atoms with van der Waals surface area (Å²) < 4.78 is 13.4. The third-order valence-corrected chi connectivity index (χ3v) is 6.34. The molecule has 1 saturated heterocycles. The second-order valence-corrected chi connectivity index (χ2v) is 8.20. The van der Waals surface area contributed by atoms with E-state index in [0.29, 0.717) is 13.0 Å². The van der Waals surface area contributed by atoms with Crippen LogP contribution < -0.4 is 15.1 Å². The molecule has 0 unspecified atom stereocenters. The van der Waals surface area contributed by atoms with Gasteiger partial charge in [-0.3, -0.25) is 9.78 Å². The molecule has 2 aliphatic heterocycles. The van der Waals surface area contributed by atoms with Crippen LogP contribution in [0.5, 0.6) is 0 Å².